The van der Waals surface area contributed by atoms with Crippen LogP contribution in [0.3, 0.4) is 0 Å². The summed E-state index contributed by atoms with van der Waals surface area (Å²) in [6.07, 6.45) is 2.45. The molecule has 6 nitrogen and oxygen atoms in total. The fourth-order valence-electron chi connectivity index (χ4n) is 3.04. The number of nitriles is 1. The van der Waals surface area contributed by atoms with Crippen LogP contribution in [0, 0.1) is 17.2 Å². The number of rotatable bonds is 1. The van der Waals surface area contributed by atoms with Crippen LogP contribution in [0.4, 0.5) is 11.5 Å². The van der Waals surface area contributed by atoms with E-state index in [1.807, 2.05) is 12.1 Å². The van der Waals surface area contributed by atoms with Crippen molar-refractivity contribution in [1.82, 2.24) is 10.3 Å². The Labute approximate surface area is 117 Å². The molecular formula is C14H17N5O. The molecule has 2 aliphatic heterocycles. The fourth-order valence-corrected chi connectivity index (χ4v) is 3.04. The molecule has 3 rings (SSSR count). The SMILES string of the molecule is N#Cc1nc(N2CCC3NC(=O)CCC3C2)ccc1N. The molecule has 0 radical (unpaired) electrons. The number of amides is 1. The summed E-state index contributed by atoms with van der Waals surface area (Å²) in [7, 11) is 0. The standard InChI is InChI=1S/C14H17N5O/c15-7-12-10(16)2-3-13(17-12)19-6-5-11-9(8-19)1-4-14(20)18-11/h2-3,9,11H,1,4-6,8,16H2,(H,18,20). The van der Waals surface area contributed by atoms with Gasteiger partial charge in [-0.3, -0.25) is 4.79 Å². The van der Waals surface area contributed by atoms with E-state index >= 15 is 0 Å². The zero-order valence-electron chi connectivity index (χ0n) is 11.2. The van der Waals surface area contributed by atoms with Crippen LogP contribution in [0.25, 0.3) is 0 Å². The van der Waals surface area contributed by atoms with Crippen LogP contribution < -0.4 is 16.0 Å². The highest BCUT2D eigenvalue weighted by molar-refractivity contribution is 5.77. The molecule has 6 heteroatoms. The number of carbonyl (C=O) groups is 1. The summed E-state index contributed by atoms with van der Waals surface area (Å²) in [6, 6.07) is 5.90. The highest BCUT2D eigenvalue weighted by atomic mass is 16.1. The van der Waals surface area contributed by atoms with Gasteiger partial charge in [0.25, 0.3) is 0 Å². The van der Waals surface area contributed by atoms with Crippen LogP contribution in [-0.4, -0.2) is 30.0 Å². The average Bonchev–Trinajstić information content (AvgIpc) is 2.47. The van der Waals surface area contributed by atoms with Crippen LogP contribution in [0.1, 0.15) is 25.0 Å². The van der Waals surface area contributed by atoms with Gasteiger partial charge in [-0.15, -0.1) is 0 Å². The number of nitrogens with one attached hydrogen (secondary N) is 1. The summed E-state index contributed by atoms with van der Waals surface area (Å²) >= 11 is 0. The van der Waals surface area contributed by atoms with E-state index in [0.717, 1.165) is 31.7 Å². The minimum atomic E-state index is 0.164. The van der Waals surface area contributed by atoms with Crippen molar-refractivity contribution in [3.8, 4) is 6.07 Å². The van der Waals surface area contributed by atoms with Gasteiger partial charge in [0.2, 0.25) is 5.91 Å². The van der Waals surface area contributed by atoms with Crippen molar-refractivity contribution in [1.29, 1.82) is 5.26 Å². The molecule has 3 heterocycles. The normalized spacial score (nSPS) is 25.6. The summed E-state index contributed by atoms with van der Waals surface area (Å²) < 4.78 is 0. The first kappa shape index (κ1) is 12.7. The summed E-state index contributed by atoms with van der Waals surface area (Å²) in [5, 5.41) is 12.1. The van der Waals surface area contributed by atoms with Gasteiger partial charge in [0.05, 0.1) is 5.69 Å². The molecule has 3 N–H and O–H groups in total. The topological polar surface area (TPSA) is 95.0 Å². The molecule has 1 aromatic rings. The Morgan fingerprint density at radius 3 is 3.10 bits per heavy atom. The van der Waals surface area contributed by atoms with Gasteiger partial charge in [0.15, 0.2) is 5.69 Å². The highest BCUT2D eigenvalue weighted by Crippen LogP contribution is 2.28. The van der Waals surface area contributed by atoms with Crippen LogP contribution in [0.5, 0.6) is 0 Å². The van der Waals surface area contributed by atoms with Crippen LogP contribution >= 0.6 is 0 Å². The van der Waals surface area contributed by atoms with Gasteiger partial charge in [-0.25, -0.2) is 4.98 Å². The van der Waals surface area contributed by atoms with Crippen LogP contribution in [0.2, 0.25) is 0 Å². The predicted octanol–water partition coefficient (Wildman–Crippen LogP) is 0.640. The Hall–Kier alpha value is -2.29. The number of nitrogens with zero attached hydrogens (tertiary/aromatic N) is 3. The van der Waals surface area contributed by atoms with E-state index in [1.165, 1.54) is 0 Å². The van der Waals surface area contributed by atoms with Crippen LogP contribution in [0.15, 0.2) is 12.1 Å². The minimum absolute atomic E-state index is 0.164. The molecule has 0 spiro atoms. The van der Waals surface area contributed by atoms with Crippen LogP contribution in [-0.2, 0) is 4.79 Å². The maximum absolute atomic E-state index is 11.4. The van der Waals surface area contributed by atoms with Gasteiger partial charge < -0.3 is 16.0 Å². The Morgan fingerprint density at radius 1 is 1.45 bits per heavy atom. The molecule has 1 aromatic heterocycles. The van der Waals surface area contributed by atoms with E-state index < -0.39 is 0 Å². The molecule has 0 aliphatic carbocycles. The molecule has 2 unspecified atom stereocenters. The van der Waals surface area contributed by atoms with Crippen molar-refractivity contribution >= 4 is 17.4 Å². The minimum Gasteiger partial charge on any atom is -0.396 e. The van der Waals surface area contributed by atoms with Gasteiger partial charge in [-0.2, -0.15) is 5.26 Å². The Bertz CT molecular complexity index is 579. The lowest BCUT2D eigenvalue weighted by Gasteiger charge is -2.41. The Morgan fingerprint density at radius 2 is 2.30 bits per heavy atom. The van der Waals surface area contributed by atoms with Crippen molar-refractivity contribution < 1.29 is 4.79 Å². The van der Waals surface area contributed by atoms with E-state index in [-0.39, 0.29) is 17.6 Å². The van der Waals surface area contributed by atoms with Crippen molar-refractivity contribution in [3.63, 3.8) is 0 Å². The molecule has 1 amide bonds. The third-order valence-corrected chi connectivity index (χ3v) is 4.16. The molecule has 2 saturated heterocycles. The number of aromatic nitrogens is 1. The molecular weight excluding hydrogens is 254 g/mol. The van der Waals surface area contributed by atoms with E-state index in [4.69, 9.17) is 11.0 Å². The van der Waals surface area contributed by atoms with Crippen molar-refractivity contribution in [2.75, 3.05) is 23.7 Å². The number of hydrogen-bond donors (Lipinski definition) is 2. The number of piperidine rings is 2. The number of fused-ring (bicyclic) bond motifs is 1. The molecule has 2 fully saturated rings. The maximum atomic E-state index is 11.4. The third-order valence-electron chi connectivity index (χ3n) is 4.16. The molecule has 2 atom stereocenters. The molecule has 0 saturated carbocycles. The van der Waals surface area contributed by atoms with Gasteiger partial charge in [-0.1, -0.05) is 0 Å². The number of carbonyl (C=O) groups excluding carboxylic acids is 1. The van der Waals surface area contributed by atoms with Gasteiger partial charge in [-0.05, 0) is 30.9 Å². The Kier molecular flexibility index (Phi) is 3.18. The van der Waals surface area contributed by atoms with Crippen molar-refractivity contribution in [3.05, 3.63) is 17.8 Å². The number of hydrogen-bond acceptors (Lipinski definition) is 5. The van der Waals surface area contributed by atoms with Crippen molar-refractivity contribution in [2.24, 2.45) is 5.92 Å². The smallest absolute Gasteiger partial charge is 0.220 e. The van der Waals surface area contributed by atoms with E-state index in [0.29, 0.717) is 18.0 Å². The first-order valence-corrected chi connectivity index (χ1v) is 6.88. The molecule has 104 valence electrons. The summed E-state index contributed by atoms with van der Waals surface area (Å²) in [5.74, 6) is 1.43. The maximum Gasteiger partial charge on any atom is 0.220 e. The largest absolute Gasteiger partial charge is 0.396 e. The highest BCUT2D eigenvalue weighted by Gasteiger charge is 2.34. The summed E-state index contributed by atoms with van der Waals surface area (Å²) in [4.78, 5) is 17.9. The summed E-state index contributed by atoms with van der Waals surface area (Å²) in [6.45, 7) is 1.70. The predicted molar refractivity (Wildman–Crippen MR) is 74.8 cm³/mol. The first-order valence-electron chi connectivity index (χ1n) is 6.88. The molecule has 0 bridgehead atoms. The lowest BCUT2D eigenvalue weighted by Crippen LogP contribution is -2.54. The number of anilines is 2. The zero-order valence-corrected chi connectivity index (χ0v) is 11.2. The zero-order chi connectivity index (χ0) is 14.1. The molecule has 0 aromatic carbocycles. The van der Waals surface area contributed by atoms with Gasteiger partial charge >= 0.3 is 0 Å². The average molecular weight is 271 g/mol. The van der Waals surface area contributed by atoms with E-state index in [2.05, 4.69) is 15.2 Å². The Balaban J connectivity index is 1.76. The lowest BCUT2D eigenvalue weighted by atomic mass is 9.85. The molecule has 20 heavy (non-hydrogen) atoms. The first-order chi connectivity index (χ1) is 9.67. The second kappa shape index (κ2) is 5.00. The second-order valence-electron chi connectivity index (χ2n) is 5.43. The number of pyridine rings is 1. The fraction of sp³-hybridized carbons (Fsp3) is 0.500. The van der Waals surface area contributed by atoms with E-state index in [9.17, 15) is 4.79 Å². The molecule has 2 aliphatic rings. The second-order valence-corrected chi connectivity index (χ2v) is 5.43. The quantitative estimate of drug-likeness (QED) is 0.781. The van der Waals surface area contributed by atoms with Gasteiger partial charge in [0.1, 0.15) is 11.9 Å². The number of nitrogen functional groups attached to an aromatic ring is 1. The lowest BCUT2D eigenvalue weighted by molar-refractivity contribution is -0.124. The van der Waals surface area contributed by atoms with Gasteiger partial charge in [0, 0.05) is 25.6 Å². The number of nitrogens with two attached hydrogens (primary N) is 1. The summed E-state index contributed by atoms with van der Waals surface area (Å²) in [5.41, 5.74) is 6.39. The van der Waals surface area contributed by atoms with E-state index in [1.54, 1.807) is 6.07 Å². The van der Waals surface area contributed by atoms with Crippen molar-refractivity contribution in [2.45, 2.75) is 25.3 Å². The third kappa shape index (κ3) is 2.27. The monoisotopic (exact) mass is 271 g/mol.